The first kappa shape index (κ1) is 16.6. The molecule has 1 N–H and O–H groups in total. The first-order valence-corrected chi connectivity index (χ1v) is 7.78. The topological polar surface area (TPSA) is 41.6 Å². The minimum absolute atomic E-state index is 0.0828. The van der Waals surface area contributed by atoms with E-state index in [9.17, 15) is 4.79 Å². The molecule has 0 aliphatic carbocycles. The number of amides is 1. The van der Waals surface area contributed by atoms with Gasteiger partial charge in [0.05, 0.1) is 29.0 Å². The van der Waals surface area contributed by atoms with Crippen LogP contribution in [0.1, 0.15) is 20.8 Å². The Labute approximate surface area is 135 Å². The number of carbonyl (C=O) groups excluding carboxylic acids is 1. The number of nitrogens with zero attached hydrogens (tertiary/aromatic N) is 1. The lowest BCUT2D eigenvalue weighted by Crippen LogP contribution is -2.52. The quantitative estimate of drug-likeness (QED) is 0.923. The number of nitrogens with one attached hydrogen (secondary N) is 1. The zero-order chi connectivity index (χ0) is 15.6. The van der Waals surface area contributed by atoms with Crippen LogP contribution in [0.5, 0.6) is 0 Å². The van der Waals surface area contributed by atoms with Gasteiger partial charge in [0.15, 0.2) is 0 Å². The van der Waals surface area contributed by atoms with Crippen LogP contribution >= 0.6 is 23.2 Å². The molecule has 1 aliphatic heterocycles. The van der Waals surface area contributed by atoms with Crippen LogP contribution in [0.2, 0.25) is 10.0 Å². The maximum Gasteiger partial charge on any atom is 0.241 e. The van der Waals surface area contributed by atoms with Gasteiger partial charge in [-0.05, 0) is 39.0 Å². The molecule has 1 fully saturated rings. The molecule has 0 spiro atoms. The van der Waals surface area contributed by atoms with Crippen LogP contribution in [0.3, 0.4) is 0 Å². The van der Waals surface area contributed by atoms with Crippen LogP contribution in [0, 0.1) is 0 Å². The molecule has 116 valence electrons. The van der Waals surface area contributed by atoms with Gasteiger partial charge >= 0.3 is 0 Å². The van der Waals surface area contributed by atoms with Crippen molar-refractivity contribution in [3.05, 3.63) is 28.2 Å². The van der Waals surface area contributed by atoms with E-state index in [1.807, 2.05) is 20.8 Å². The maximum absolute atomic E-state index is 12.4. The standard InChI is InChI=1S/C15H20Cl2N2O2/c1-9-7-19(8-10(2)21-9)11(3)15(20)18-14-5-4-12(16)6-13(14)17/h4-6,9-11H,7-8H2,1-3H3,(H,18,20)/t9-,10-,11+/m1/s1. The minimum Gasteiger partial charge on any atom is -0.373 e. The smallest absolute Gasteiger partial charge is 0.241 e. The largest absolute Gasteiger partial charge is 0.373 e. The van der Waals surface area contributed by atoms with E-state index in [1.54, 1.807) is 18.2 Å². The predicted molar refractivity (Wildman–Crippen MR) is 86.1 cm³/mol. The second-order valence-electron chi connectivity index (χ2n) is 5.50. The molecule has 2 rings (SSSR count). The molecule has 1 aromatic rings. The highest BCUT2D eigenvalue weighted by atomic mass is 35.5. The van der Waals surface area contributed by atoms with E-state index in [0.29, 0.717) is 15.7 Å². The maximum atomic E-state index is 12.4. The molecule has 21 heavy (non-hydrogen) atoms. The third-order valence-corrected chi connectivity index (χ3v) is 4.11. The summed E-state index contributed by atoms with van der Waals surface area (Å²) in [6.45, 7) is 7.41. The molecule has 1 saturated heterocycles. The van der Waals surface area contributed by atoms with Gasteiger partial charge in [0.1, 0.15) is 0 Å². The Balaban J connectivity index is 2.02. The van der Waals surface area contributed by atoms with Gasteiger partial charge in [-0.25, -0.2) is 0 Å². The Hall–Kier alpha value is -0.810. The van der Waals surface area contributed by atoms with Crippen molar-refractivity contribution >= 4 is 34.8 Å². The van der Waals surface area contributed by atoms with Crippen molar-refractivity contribution < 1.29 is 9.53 Å². The van der Waals surface area contributed by atoms with Gasteiger partial charge in [0.2, 0.25) is 5.91 Å². The molecule has 0 saturated carbocycles. The van der Waals surface area contributed by atoms with Crippen molar-refractivity contribution in [2.45, 2.75) is 39.0 Å². The summed E-state index contributed by atoms with van der Waals surface area (Å²) in [5.74, 6) is -0.0828. The van der Waals surface area contributed by atoms with Gasteiger partial charge in [-0.3, -0.25) is 9.69 Å². The first-order chi connectivity index (χ1) is 9.86. The Kier molecular flexibility index (Phi) is 5.49. The number of hydrogen-bond acceptors (Lipinski definition) is 3. The van der Waals surface area contributed by atoms with Crippen molar-refractivity contribution in [3.63, 3.8) is 0 Å². The third kappa shape index (κ3) is 4.33. The van der Waals surface area contributed by atoms with Gasteiger partial charge in [0, 0.05) is 18.1 Å². The number of anilines is 1. The summed E-state index contributed by atoms with van der Waals surface area (Å²) in [5, 5.41) is 3.83. The van der Waals surface area contributed by atoms with E-state index in [2.05, 4.69) is 10.2 Å². The lowest BCUT2D eigenvalue weighted by Gasteiger charge is -2.38. The van der Waals surface area contributed by atoms with Crippen LogP contribution in [-0.2, 0) is 9.53 Å². The highest BCUT2D eigenvalue weighted by Crippen LogP contribution is 2.26. The molecule has 0 aromatic heterocycles. The molecule has 1 aromatic carbocycles. The second-order valence-corrected chi connectivity index (χ2v) is 6.34. The SMILES string of the molecule is C[C@@H]1CN([C@@H](C)C(=O)Nc2ccc(Cl)cc2Cl)C[C@@H](C)O1. The van der Waals surface area contributed by atoms with Gasteiger partial charge < -0.3 is 10.1 Å². The van der Waals surface area contributed by atoms with Crippen LogP contribution in [-0.4, -0.2) is 42.1 Å². The van der Waals surface area contributed by atoms with Gasteiger partial charge in [-0.15, -0.1) is 0 Å². The number of rotatable bonds is 3. The molecule has 0 bridgehead atoms. The molecule has 0 unspecified atom stereocenters. The fourth-order valence-electron chi connectivity index (χ4n) is 2.53. The summed E-state index contributed by atoms with van der Waals surface area (Å²) >= 11 is 11.9. The fraction of sp³-hybridized carbons (Fsp3) is 0.533. The Morgan fingerprint density at radius 2 is 1.95 bits per heavy atom. The molecule has 0 radical (unpaired) electrons. The van der Waals surface area contributed by atoms with Gasteiger partial charge in [-0.1, -0.05) is 23.2 Å². The molecule has 4 nitrogen and oxygen atoms in total. The van der Waals surface area contributed by atoms with Crippen molar-refractivity contribution in [1.82, 2.24) is 4.90 Å². The summed E-state index contributed by atoms with van der Waals surface area (Å²) in [7, 11) is 0. The molecule has 1 heterocycles. The molecule has 6 heteroatoms. The number of carbonyl (C=O) groups is 1. The number of halogens is 2. The third-order valence-electron chi connectivity index (χ3n) is 3.56. The van der Waals surface area contributed by atoms with Gasteiger partial charge in [-0.2, -0.15) is 0 Å². The number of morpholine rings is 1. The summed E-state index contributed by atoms with van der Waals surface area (Å²) in [4.78, 5) is 14.5. The first-order valence-electron chi connectivity index (χ1n) is 7.02. The zero-order valence-corrected chi connectivity index (χ0v) is 13.9. The minimum atomic E-state index is -0.245. The van der Waals surface area contributed by atoms with Crippen LogP contribution in [0.25, 0.3) is 0 Å². The average Bonchev–Trinajstić information content (AvgIpc) is 2.40. The fourth-order valence-corrected chi connectivity index (χ4v) is 2.98. The van der Waals surface area contributed by atoms with Crippen LogP contribution < -0.4 is 5.32 Å². The molecule has 1 amide bonds. The van der Waals surface area contributed by atoms with E-state index in [1.165, 1.54) is 0 Å². The summed E-state index contributed by atoms with van der Waals surface area (Å²) < 4.78 is 5.69. The highest BCUT2D eigenvalue weighted by molar-refractivity contribution is 6.36. The zero-order valence-electron chi connectivity index (χ0n) is 12.4. The van der Waals surface area contributed by atoms with E-state index in [-0.39, 0.29) is 24.2 Å². The monoisotopic (exact) mass is 330 g/mol. The summed E-state index contributed by atoms with van der Waals surface area (Å²) in [6.07, 6.45) is 0.256. The summed E-state index contributed by atoms with van der Waals surface area (Å²) in [5.41, 5.74) is 0.576. The lowest BCUT2D eigenvalue weighted by molar-refractivity contribution is -0.126. The van der Waals surface area contributed by atoms with Crippen molar-refractivity contribution in [1.29, 1.82) is 0 Å². The molecule has 3 atom stereocenters. The van der Waals surface area contributed by atoms with Crippen molar-refractivity contribution in [3.8, 4) is 0 Å². The number of hydrogen-bond donors (Lipinski definition) is 1. The Morgan fingerprint density at radius 1 is 1.33 bits per heavy atom. The van der Waals surface area contributed by atoms with E-state index >= 15 is 0 Å². The van der Waals surface area contributed by atoms with Crippen LogP contribution in [0.15, 0.2) is 18.2 Å². The van der Waals surface area contributed by atoms with Gasteiger partial charge in [0.25, 0.3) is 0 Å². The number of benzene rings is 1. The molecular weight excluding hydrogens is 311 g/mol. The second kappa shape index (κ2) is 6.97. The van der Waals surface area contributed by atoms with Crippen molar-refractivity contribution in [2.24, 2.45) is 0 Å². The number of ether oxygens (including phenoxy) is 1. The van der Waals surface area contributed by atoms with E-state index < -0.39 is 0 Å². The normalized spacial score (nSPS) is 24.6. The average molecular weight is 331 g/mol. The Bertz CT molecular complexity index is 514. The lowest BCUT2D eigenvalue weighted by atomic mass is 10.1. The highest BCUT2D eigenvalue weighted by Gasteiger charge is 2.29. The van der Waals surface area contributed by atoms with Crippen molar-refractivity contribution in [2.75, 3.05) is 18.4 Å². The van der Waals surface area contributed by atoms with Crippen LogP contribution in [0.4, 0.5) is 5.69 Å². The molecular formula is C15H20Cl2N2O2. The van der Waals surface area contributed by atoms with E-state index in [4.69, 9.17) is 27.9 Å². The van der Waals surface area contributed by atoms with E-state index in [0.717, 1.165) is 13.1 Å². The molecule has 1 aliphatic rings. The predicted octanol–water partition coefficient (Wildman–Crippen LogP) is 3.43. The summed E-state index contributed by atoms with van der Waals surface area (Å²) in [6, 6.07) is 4.78. The Morgan fingerprint density at radius 3 is 2.52 bits per heavy atom.